The van der Waals surface area contributed by atoms with Crippen LogP contribution >= 0.6 is 447 Å². The first kappa shape index (κ1) is 77.5. The maximum absolute atomic E-state index is 13.6. The molecule has 0 aliphatic carbocycles. The van der Waals surface area contributed by atoms with E-state index in [0.717, 1.165) is 14.1 Å². The van der Waals surface area contributed by atoms with Gasteiger partial charge in [-0.2, -0.15) is 313 Å². The van der Waals surface area contributed by atoms with Gasteiger partial charge in [-0.1, -0.05) is 0 Å². The molecule has 0 atom stereocenters. The summed E-state index contributed by atoms with van der Waals surface area (Å²) in [5.41, 5.74) is 0. The molecule has 54 heteroatoms. The molecule has 0 bridgehead atoms. The zero-order valence-electron chi connectivity index (χ0n) is 30.9. The van der Waals surface area contributed by atoms with Crippen molar-refractivity contribution >= 4 is 610 Å². The summed E-state index contributed by atoms with van der Waals surface area (Å²) in [5.74, 6) is -0.432. The van der Waals surface area contributed by atoms with Gasteiger partial charge in [-0.25, -0.2) is 0 Å². The summed E-state index contributed by atoms with van der Waals surface area (Å²) in [5, 5.41) is 39.9. The molecular weight excluding hydrogens is 3030 g/mol. The van der Waals surface area contributed by atoms with E-state index in [1.165, 1.54) is 0 Å². The van der Waals surface area contributed by atoms with Crippen LogP contribution in [0.15, 0.2) is 0 Å². The van der Waals surface area contributed by atoms with Crippen molar-refractivity contribution in [2.75, 3.05) is 6.61 Å². The Bertz CT molecular complexity index is 1220. The summed E-state index contributed by atoms with van der Waals surface area (Å²) in [6.45, 7) is 1.21. The molecule has 0 rings (SSSR count). The van der Waals surface area contributed by atoms with E-state index in [4.69, 9.17) is 0 Å². The van der Waals surface area contributed by atoms with Crippen molar-refractivity contribution in [1.82, 2.24) is 15.2 Å². The molecule has 0 aliphatic heterocycles. The van der Waals surface area contributed by atoms with Crippen LogP contribution in [0.4, 0.5) is 0 Å². The van der Waals surface area contributed by atoms with Crippen molar-refractivity contribution in [3.63, 3.8) is 0 Å². The van der Waals surface area contributed by atoms with E-state index in [-0.39, 0.29) is 131 Å². The van der Waals surface area contributed by atoms with Crippen molar-refractivity contribution in [3.05, 3.63) is 0 Å². The fourth-order valence-electron chi connectivity index (χ4n) is 5.15. The molecule has 0 saturated carbocycles. The van der Waals surface area contributed by atoms with Gasteiger partial charge in [0.2, 0.25) is 44.5 Å². The Morgan fingerprint density at radius 2 is 0.683 bits per heavy atom. The minimum absolute atomic E-state index is 0. The number of aliphatic hydroxyl groups is 1. The summed E-state index contributed by atoms with van der Waals surface area (Å²) in [7, 11) is 1.63. The molecule has 0 aromatic heterocycles. The molecule has 5 N–H and O–H groups in total. The second-order valence-electron chi connectivity index (χ2n) is 12.8. The SMILES string of the molecule is CC(=O)NB(BB(I)I)B(I)B(I)B(O)B(I)B(I)B(I)B(I)B(I)B(I)N(B(I)B(I)B(I)B(I)B(I)B(I)B(O)B(I)B(I)B(BB(I)I)NC(C)=O)C(=O)CO.[Na]. The maximum atomic E-state index is 13.6. The minimum atomic E-state index is -0.601. The second kappa shape index (κ2) is 41.4. The maximum Gasteiger partial charge on any atom is 0.284 e. The second-order valence-corrected chi connectivity index (χ2v) is 46.2. The van der Waals surface area contributed by atoms with Crippen LogP contribution in [-0.4, -0.2) is 189 Å². The third kappa shape index (κ3) is 27.9. The number of aliphatic hydroxyl groups excluding tert-OH is 1. The fraction of sp³-hybridized carbons (Fsp3) is 0.500. The monoisotopic (exact) mass is 3050 g/mol. The predicted octanol–water partition coefficient (Wildman–Crippen LogP) is 4.45. The summed E-state index contributed by atoms with van der Waals surface area (Å²) in [6.07, 6.45) is 0. The van der Waals surface area contributed by atoms with Crippen molar-refractivity contribution < 1.29 is 29.5 Å². The summed E-state index contributed by atoms with van der Waals surface area (Å²) >= 11 is 48.5. The summed E-state index contributed by atoms with van der Waals surface area (Å²) in [6, 6.07) is 0. The number of amides is 3. The van der Waals surface area contributed by atoms with Crippen LogP contribution in [0, 0.1) is 0 Å². The Hall–Kier alpha value is 15.4. The first-order valence-electron chi connectivity index (χ1n) is 16.6. The van der Waals surface area contributed by atoms with Gasteiger partial charge in [-0.15, -0.1) is 134 Å². The Morgan fingerprint density at radius 1 is 0.450 bits per heavy atom. The summed E-state index contributed by atoms with van der Waals surface area (Å²) in [4.78, 5) is 37.7. The van der Waals surface area contributed by atoms with Gasteiger partial charge in [0.05, 0.1) is 0 Å². The van der Waals surface area contributed by atoms with Gasteiger partial charge in [0, 0.05) is 43.4 Å². The molecular formula is C6H15B24I20N3NaO6. The topological polar surface area (TPSA) is 139 Å². The Kier molecular flexibility index (Phi) is 53.5. The molecule has 0 heterocycles. The molecule has 0 aliphatic rings. The van der Waals surface area contributed by atoms with Crippen LogP contribution in [0.1, 0.15) is 13.8 Å². The number of nitrogens with zero attached hydrogens (tertiary/aromatic N) is 1. The van der Waals surface area contributed by atoms with Crippen LogP contribution in [0.25, 0.3) is 0 Å². The number of nitrogens with one attached hydrogen (secondary N) is 2. The van der Waals surface area contributed by atoms with Crippen LogP contribution in [0.5, 0.6) is 0 Å². The molecule has 0 fully saturated rings. The first-order valence-corrected chi connectivity index (χ1v) is 41.5. The standard InChI is InChI=1S/C6H15B24I20N3O6.Na/c1-4(55)51-9(7-11(31)32)13(35)21(43)27(58)23(45)17(39)15(37)19(41)25(47)29(49)53(6(57)3-54)30(50)26(48)20(42)16(38)18(40)24(46)28(59)22(44)14(36)10(8-12(33)34)52-5(2)56;/h7-8,54,58-59H,3H2,1-2H3,(H,51,55)(H,52,56);. The van der Waals surface area contributed by atoms with Crippen molar-refractivity contribution in [1.29, 1.82) is 0 Å². The fourth-order valence-corrected chi connectivity index (χ4v) is 30.4. The van der Waals surface area contributed by atoms with Gasteiger partial charge < -0.3 is 30.3 Å². The number of carbonyl (C=O) groups is 3. The molecule has 1 radical (unpaired) electrons. The Morgan fingerprint density at radius 3 is 0.917 bits per heavy atom. The third-order valence-corrected chi connectivity index (χ3v) is 51.1. The number of rotatable bonds is 27. The van der Waals surface area contributed by atoms with Gasteiger partial charge in [-0.05, 0) is 0 Å². The largest absolute Gasteiger partial charge is 0.466 e. The quantitative estimate of drug-likeness (QED) is 0.0610. The van der Waals surface area contributed by atoms with Gasteiger partial charge in [0.1, 0.15) is 20.7 Å². The van der Waals surface area contributed by atoms with Gasteiger partial charge in [-0.3, -0.25) is 14.4 Å². The number of hydrogen-bond donors (Lipinski definition) is 5. The third-order valence-electron chi connectivity index (χ3n) is 8.24. The minimum Gasteiger partial charge on any atom is -0.466 e. The molecule has 0 aromatic rings. The molecule has 60 heavy (non-hydrogen) atoms. The van der Waals surface area contributed by atoms with Gasteiger partial charge >= 0.3 is 0 Å². The molecule has 0 aromatic carbocycles. The Balaban J connectivity index is 0. The van der Waals surface area contributed by atoms with Crippen LogP contribution in [0.2, 0.25) is 0 Å². The zero-order valence-corrected chi connectivity index (χ0v) is 76.0. The molecule has 9 nitrogen and oxygen atoms in total. The average molecular weight is 3050 g/mol. The number of carbonyl (C=O) groups excluding carboxylic acids is 3. The van der Waals surface area contributed by atoms with Crippen LogP contribution < -0.4 is 10.5 Å². The normalized spacial score (nSPS) is 9.88. The van der Waals surface area contributed by atoms with Gasteiger partial charge in [0.25, 0.3) is 9.19 Å². The van der Waals surface area contributed by atoms with E-state index in [9.17, 15) is 29.5 Å². The van der Waals surface area contributed by atoms with Crippen LogP contribution in [-0.2, 0) is 14.4 Å². The predicted molar refractivity (Wildman–Crippen MR) is 473 cm³/mol. The molecule has 0 spiro atoms. The molecule has 303 valence electrons. The van der Waals surface area contributed by atoms with Gasteiger partial charge in [0.15, 0.2) is 65.5 Å². The summed E-state index contributed by atoms with van der Waals surface area (Å²) < 4.78 is 2.71. The van der Waals surface area contributed by atoms with E-state index < -0.39 is 20.0 Å². The van der Waals surface area contributed by atoms with Crippen molar-refractivity contribution in [3.8, 4) is 0 Å². The van der Waals surface area contributed by atoms with E-state index >= 15 is 0 Å². The molecule has 0 unspecified atom stereocenters. The van der Waals surface area contributed by atoms with E-state index in [1.807, 2.05) is 4.72 Å². The smallest absolute Gasteiger partial charge is 0.284 e. The van der Waals surface area contributed by atoms with E-state index in [0.29, 0.717) is 4.63 Å². The first-order chi connectivity index (χ1) is 27.0. The van der Waals surface area contributed by atoms with E-state index in [1.54, 1.807) is 13.8 Å². The Labute approximate surface area is 656 Å². The molecule has 3 amide bonds. The zero-order chi connectivity index (χ0) is 46.5. The van der Waals surface area contributed by atoms with Crippen molar-refractivity contribution in [2.24, 2.45) is 0 Å². The van der Waals surface area contributed by atoms with E-state index in [2.05, 4.69) is 458 Å². The van der Waals surface area contributed by atoms with Crippen molar-refractivity contribution in [2.45, 2.75) is 13.8 Å². The number of halogens is 20. The number of hydrogen-bond acceptors (Lipinski definition) is 6. The van der Waals surface area contributed by atoms with Crippen LogP contribution in [0.3, 0.4) is 0 Å². The molecule has 0 saturated heterocycles. The average Bonchev–Trinajstić information content (AvgIpc) is 3.17.